The van der Waals surface area contributed by atoms with Crippen molar-refractivity contribution >= 4 is 5.91 Å². The monoisotopic (exact) mass is 237 g/mol. The van der Waals surface area contributed by atoms with Crippen LogP contribution in [-0.4, -0.2) is 22.4 Å². The van der Waals surface area contributed by atoms with Crippen molar-refractivity contribution in [1.82, 2.24) is 15.3 Å². The lowest BCUT2D eigenvalue weighted by atomic mass is 10.1. The van der Waals surface area contributed by atoms with Crippen LogP contribution in [0.3, 0.4) is 0 Å². The van der Waals surface area contributed by atoms with Gasteiger partial charge in [0, 0.05) is 12.5 Å². The Balaban J connectivity index is 3.10. The molecule has 2 N–H and O–H groups in total. The largest absolute Gasteiger partial charge is 0.352 e. The summed E-state index contributed by atoms with van der Waals surface area (Å²) in [5, 5.41) is 2.68. The van der Waals surface area contributed by atoms with E-state index in [2.05, 4.69) is 15.3 Å². The maximum atomic E-state index is 11.8. The lowest BCUT2D eigenvalue weighted by Gasteiger charge is -2.09. The molecule has 1 aromatic rings. The van der Waals surface area contributed by atoms with E-state index in [1.807, 2.05) is 20.8 Å². The summed E-state index contributed by atoms with van der Waals surface area (Å²) in [7, 11) is 0. The summed E-state index contributed by atoms with van der Waals surface area (Å²) in [4.78, 5) is 30.5. The minimum atomic E-state index is -0.366. The van der Waals surface area contributed by atoms with Crippen molar-refractivity contribution in [2.24, 2.45) is 0 Å². The second kappa shape index (κ2) is 5.61. The zero-order valence-electron chi connectivity index (χ0n) is 10.8. The molecule has 0 aromatic carbocycles. The van der Waals surface area contributed by atoms with E-state index >= 15 is 0 Å². The number of nitrogens with zero attached hydrogens (tertiary/aromatic N) is 1. The Hall–Kier alpha value is -1.65. The number of aromatic nitrogens is 2. The molecule has 0 saturated carbocycles. The molecule has 0 aliphatic rings. The number of hydrogen-bond donors (Lipinski definition) is 2. The standard InChI is InChI=1S/C12H19N3O2/c1-5-6-13-11(16)9-8(4)14-10(7(2)3)15-12(9)17/h7H,5-6H2,1-4H3,(H,13,16)(H,14,15,17). The number of carbonyl (C=O) groups excluding carboxylic acids is 1. The van der Waals surface area contributed by atoms with Crippen molar-refractivity contribution in [3.63, 3.8) is 0 Å². The molecule has 0 aliphatic heterocycles. The lowest BCUT2D eigenvalue weighted by molar-refractivity contribution is 0.0951. The van der Waals surface area contributed by atoms with Gasteiger partial charge in [-0.05, 0) is 13.3 Å². The van der Waals surface area contributed by atoms with Gasteiger partial charge in [0.25, 0.3) is 11.5 Å². The first-order valence-electron chi connectivity index (χ1n) is 5.86. The van der Waals surface area contributed by atoms with Gasteiger partial charge >= 0.3 is 0 Å². The van der Waals surface area contributed by atoms with Crippen molar-refractivity contribution in [2.75, 3.05) is 6.54 Å². The van der Waals surface area contributed by atoms with Crippen LogP contribution in [0.1, 0.15) is 55.0 Å². The van der Waals surface area contributed by atoms with Crippen molar-refractivity contribution in [3.05, 3.63) is 27.4 Å². The van der Waals surface area contributed by atoms with Gasteiger partial charge in [-0.1, -0.05) is 20.8 Å². The van der Waals surface area contributed by atoms with Gasteiger partial charge in [-0.15, -0.1) is 0 Å². The second-order valence-electron chi connectivity index (χ2n) is 4.32. The number of nitrogens with one attached hydrogen (secondary N) is 2. The number of aryl methyl sites for hydroxylation is 1. The predicted octanol–water partition coefficient (Wildman–Crippen LogP) is 1.34. The highest BCUT2D eigenvalue weighted by Crippen LogP contribution is 2.08. The first-order valence-corrected chi connectivity index (χ1v) is 5.86. The summed E-state index contributed by atoms with van der Waals surface area (Å²) < 4.78 is 0. The van der Waals surface area contributed by atoms with Gasteiger partial charge < -0.3 is 10.3 Å². The molecule has 1 amide bonds. The van der Waals surface area contributed by atoms with Crippen LogP contribution >= 0.6 is 0 Å². The Bertz CT molecular complexity index is 463. The SMILES string of the molecule is CCCNC(=O)c1c(C)nc(C(C)C)[nH]c1=O. The van der Waals surface area contributed by atoms with Crippen LogP contribution in [0.15, 0.2) is 4.79 Å². The molecule has 1 aromatic heterocycles. The van der Waals surface area contributed by atoms with Gasteiger partial charge in [-0.3, -0.25) is 9.59 Å². The third-order valence-electron chi connectivity index (χ3n) is 2.43. The van der Waals surface area contributed by atoms with E-state index in [9.17, 15) is 9.59 Å². The maximum absolute atomic E-state index is 11.8. The topological polar surface area (TPSA) is 74.8 Å². The van der Waals surface area contributed by atoms with Crippen LogP contribution in [0.2, 0.25) is 0 Å². The molecule has 0 radical (unpaired) electrons. The van der Waals surface area contributed by atoms with Crippen molar-refractivity contribution in [2.45, 2.75) is 40.0 Å². The number of rotatable bonds is 4. The Labute approximate surface area is 101 Å². The first kappa shape index (κ1) is 13.4. The molecule has 1 heterocycles. The highest BCUT2D eigenvalue weighted by molar-refractivity contribution is 5.94. The van der Waals surface area contributed by atoms with Crippen molar-refractivity contribution in [1.29, 1.82) is 0 Å². The lowest BCUT2D eigenvalue weighted by Crippen LogP contribution is -2.32. The summed E-state index contributed by atoms with van der Waals surface area (Å²) in [6.45, 7) is 8.08. The Morgan fingerprint density at radius 1 is 1.47 bits per heavy atom. The number of carbonyl (C=O) groups is 1. The van der Waals surface area contributed by atoms with E-state index in [1.165, 1.54) is 0 Å². The maximum Gasteiger partial charge on any atom is 0.264 e. The summed E-state index contributed by atoms with van der Waals surface area (Å²) in [6, 6.07) is 0. The van der Waals surface area contributed by atoms with E-state index in [-0.39, 0.29) is 22.9 Å². The van der Waals surface area contributed by atoms with Gasteiger partial charge in [0.1, 0.15) is 11.4 Å². The van der Waals surface area contributed by atoms with E-state index < -0.39 is 0 Å². The first-order chi connectivity index (χ1) is 7.97. The quantitative estimate of drug-likeness (QED) is 0.829. The molecule has 0 spiro atoms. The van der Waals surface area contributed by atoms with Crippen LogP contribution in [0.5, 0.6) is 0 Å². The fourth-order valence-corrected chi connectivity index (χ4v) is 1.48. The molecule has 0 fully saturated rings. The number of amides is 1. The van der Waals surface area contributed by atoms with E-state index in [1.54, 1.807) is 6.92 Å². The highest BCUT2D eigenvalue weighted by atomic mass is 16.2. The average molecular weight is 237 g/mol. The van der Waals surface area contributed by atoms with Gasteiger partial charge in [0.05, 0.1) is 5.69 Å². The Kier molecular flexibility index (Phi) is 4.43. The predicted molar refractivity (Wildman–Crippen MR) is 66.3 cm³/mol. The van der Waals surface area contributed by atoms with E-state index in [4.69, 9.17) is 0 Å². The summed E-state index contributed by atoms with van der Waals surface area (Å²) in [5.74, 6) is 0.391. The third-order valence-corrected chi connectivity index (χ3v) is 2.43. The van der Waals surface area contributed by atoms with E-state index in [0.717, 1.165) is 6.42 Å². The number of H-pyrrole nitrogens is 1. The van der Waals surface area contributed by atoms with Crippen molar-refractivity contribution < 1.29 is 4.79 Å². The fraction of sp³-hybridized carbons (Fsp3) is 0.583. The van der Waals surface area contributed by atoms with Crippen LogP contribution in [0.25, 0.3) is 0 Å². The summed E-state index contributed by atoms with van der Waals surface area (Å²) >= 11 is 0. The van der Waals surface area contributed by atoms with Gasteiger partial charge in [0.15, 0.2) is 0 Å². The average Bonchev–Trinajstić information content (AvgIpc) is 2.25. The second-order valence-corrected chi connectivity index (χ2v) is 4.32. The molecule has 0 aliphatic carbocycles. The van der Waals surface area contributed by atoms with Crippen LogP contribution in [0, 0.1) is 6.92 Å². The highest BCUT2D eigenvalue weighted by Gasteiger charge is 2.16. The van der Waals surface area contributed by atoms with E-state index in [0.29, 0.717) is 18.1 Å². The van der Waals surface area contributed by atoms with Crippen LogP contribution in [0.4, 0.5) is 0 Å². The number of hydrogen-bond acceptors (Lipinski definition) is 3. The Morgan fingerprint density at radius 2 is 2.12 bits per heavy atom. The molecular weight excluding hydrogens is 218 g/mol. The Morgan fingerprint density at radius 3 is 2.59 bits per heavy atom. The molecule has 5 heteroatoms. The smallest absolute Gasteiger partial charge is 0.264 e. The van der Waals surface area contributed by atoms with Crippen LogP contribution in [-0.2, 0) is 0 Å². The van der Waals surface area contributed by atoms with Gasteiger partial charge in [-0.2, -0.15) is 0 Å². The summed E-state index contributed by atoms with van der Waals surface area (Å²) in [6.07, 6.45) is 0.834. The molecule has 17 heavy (non-hydrogen) atoms. The summed E-state index contributed by atoms with van der Waals surface area (Å²) in [5.41, 5.74) is 0.226. The van der Waals surface area contributed by atoms with Crippen molar-refractivity contribution in [3.8, 4) is 0 Å². The minimum Gasteiger partial charge on any atom is -0.352 e. The molecule has 94 valence electrons. The third kappa shape index (κ3) is 3.15. The molecule has 0 saturated heterocycles. The zero-order chi connectivity index (χ0) is 13.0. The molecule has 1 rings (SSSR count). The van der Waals surface area contributed by atoms with Gasteiger partial charge in [0.2, 0.25) is 0 Å². The molecule has 5 nitrogen and oxygen atoms in total. The fourth-order valence-electron chi connectivity index (χ4n) is 1.48. The minimum absolute atomic E-state index is 0.114. The number of aromatic amines is 1. The molecule has 0 unspecified atom stereocenters. The van der Waals surface area contributed by atoms with Crippen LogP contribution < -0.4 is 10.9 Å². The molecule has 0 atom stereocenters. The zero-order valence-corrected chi connectivity index (χ0v) is 10.8. The molecular formula is C12H19N3O2. The van der Waals surface area contributed by atoms with Gasteiger partial charge in [-0.25, -0.2) is 4.98 Å². The normalized spacial score (nSPS) is 10.6. The molecule has 0 bridgehead atoms.